The molecule has 0 radical (unpaired) electrons. The molecule has 2 aromatic rings. The highest BCUT2D eigenvalue weighted by molar-refractivity contribution is 7.89. The first-order chi connectivity index (χ1) is 14.3. The van der Waals surface area contributed by atoms with Crippen LogP contribution in [0.4, 0.5) is 5.69 Å². The standard InChI is InChI=1S/C21H24ClN3O4S/c1-15-9-10-16(13-19(15)30(28,29)25-11-5-2-6-12-25)24-20(26)14-23-21(27)17-7-3-4-8-18(17)22/h3-4,7-10,13H,2,5-6,11-12,14H2,1H3,(H,23,27)(H,24,26). The van der Waals surface area contributed by atoms with Crippen molar-refractivity contribution in [3.8, 4) is 0 Å². The minimum Gasteiger partial charge on any atom is -0.343 e. The second kappa shape index (κ2) is 9.59. The fourth-order valence-corrected chi connectivity index (χ4v) is 5.30. The van der Waals surface area contributed by atoms with E-state index >= 15 is 0 Å². The van der Waals surface area contributed by atoms with E-state index in [1.807, 2.05) is 0 Å². The zero-order valence-corrected chi connectivity index (χ0v) is 18.2. The van der Waals surface area contributed by atoms with Gasteiger partial charge < -0.3 is 10.6 Å². The number of nitrogens with one attached hydrogen (secondary N) is 2. The van der Waals surface area contributed by atoms with Crippen molar-refractivity contribution >= 4 is 39.1 Å². The van der Waals surface area contributed by atoms with Crippen molar-refractivity contribution in [1.29, 1.82) is 0 Å². The molecule has 7 nitrogen and oxygen atoms in total. The first-order valence-electron chi connectivity index (χ1n) is 9.72. The number of benzene rings is 2. The Morgan fingerprint density at radius 3 is 2.47 bits per heavy atom. The molecule has 0 saturated carbocycles. The fraction of sp³-hybridized carbons (Fsp3) is 0.333. The number of hydrogen-bond acceptors (Lipinski definition) is 4. The maximum atomic E-state index is 13.0. The molecule has 1 heterocycles. The summed E-state index contributed by atoms with van der Waals surface area (Å²) in [7, 11) is -3.62. The van der Waals surface area contributed by atoms with E-state index < -0.39 is 21.8 Å². The van der Waals surface area contributed by atoms with Crippen LogP contribution in [0.1, 0.15) is 35.2 Å². The summed E-state index contributed by atoms with van der Waals surface area (Å²) in [5.74, 6) is -0.936. The number of sulfonamides is 1. The van der Waals surface area contributed by atoms with Crippen LogP contribution in [0.5, 0.6) is 0 Å². The van der Waals surface area contributed by atoms with Gasteiger partial charge in [0.2, 0.25) is 15.9 Å². The second-order valence-corrected chi connectivity index (χ2v) is 9.47. The highest BCUT2D eigenvalue weighted by Gasteiger charge is 2.27. The molecule has 0 aromatic heterocycles. The molecule has 0 aliphatic carbocycles. The van der Waals surface area contributed by atoms with E-state index in [0.29, 0.717) is 29.4 Å². The summed E-state index contributed by atoms with van der Waals surface area (Å²) in [6.07, 6.45) is 2.72. The van der Waals surface area contributed by atoms with E-state index in [2.05, 4.69) is 10.6 Å². The first kappa shape index (κ1) is 22.3. The molecule has 9 heteroatoms. The van der Waals surface area contributed by atoms with Gasteiger partial charge in [0.05, 0.1) is 22.0 Å². The number of anilines is 1. The Balaban J connectivity index is 1.67. The van der Waals surface area contributed by atoms with E-state index in [9.17, 15) is 18.0 Å². The topological polar surface area (TPSA) is 95.6 Å². The predicted octanol–water partition coefficient (Wildman–Crippen LogP) is 3.19. The van der Waals surface area contributed by atoms with Crippen molar-refractivity contribution in [3.05, 3.63) is 58.6 Å². The molecule has 2 N–H and O–H groups in total. The number of piperidine rings is 1. The molecule has 0 bridgehead atoms. The molecule has 30 heavy (non-hydrogen) atoms. The molecular formula is C21H24ClN3O4S. The lowest BCUT2D eigenvalue weighted by molar-refractivity contribution is -0.115. The van der Waals surface area contributed by atoms with Gasteiger partial charge in [-0.25, -0.2) is 8.42 Å². The molecule has 0 unspecified atom stereocenters. The average Bonchev–Trinajstić information content (AvgIpc) is 2.74. The van der Waals surface area contributed by atoms with Crippen LogP contribution in [-0.2, 0) is 14.8 Å². The van der Waals surface area contributed by atoms with Crippen molar-refractivity contribution < 1.29 is 18.0 Å². The predicted molar refractivity (Wildman–Crippen MR) is 116 cm³/mol. The van der Waals surface area contributed by atoms with Gasteiger partial charge >= 0.3 is 0 Å². The van der Waals surface area contributed by atoms with Crippen molar-refractivity contribution in [3.63, 3.8) is 0 Å². The molecule has 1 aliphatic rings. The third kappa shape index (κ3) is 5.19. The van der Waals surface area contributed by atoms with E-state index in [-0.39, 0.29) is 17.0 Å². The Kier molecular flexibility index (Phi) is 7.12. The Hall–Kier alpha value is -2.42. The number of halogens is 1. The number of aryl methyl sites for hydroxylation is 1. The minimum atomic E-state index is -3.62. The third-order valence-corrected chi connectivity index (χ3v) is 7.30. The minimum absolute atomic E-state index is 0.183. The number of carbonyl (C=O) groups is 2. The molecule has 1 saturated heterocycles. The van der Waals surface area contributed by atoms with Gasteiger partial charge in [0, 0.05) is 18.8 Å². The average molecular weight is 450 g/mol. The maximum Gasteiger partial charge on any atom is 0.253 e. The van der Waals surface area contributed by atoms with E-state index in [1.165, 1.54) is 10.4 Å². The van der Waals surface area contributed by atoms with Crippen LogP contribution in [0, 0.1) is 6.92 Å². The van der Waals surface area contributed by atoms with Gasteiger partial charge in [-0.3, -0.25) is 9.59 Å². The lowest BCUT2D eigenvalue weighted by Crippen LogP contribution is -2.36. The summed E-state index contributed by atoms with van der Waals surface area (Å²) < 4.78 is 27.5. The summed E-state index contributed by atoms with van der Waals surface area (Å²) in [5.41, 5.74) is 1.25. The van der Waals surface area contributed by atoms with Crippen molar-refractivity contribution in [2.24, 2.45) is 0 Å². The van der Waals surface area contributed by atoms with Crippen molar-refractivity contribution in [2.45, 2.75) is 31.1 Å². The molecule has 160 valence electrons. The van der Waals surface area contributed by atoms with Gasteiger partial charge in [-0.15, -0.1) is 0 Å². The highest BCUT2D eigenvalue weighted by Crippen LogP contribution is 2.26. The van der Waals surface area contributed by atoms with Gasteiger partial charge in [0.25, 0.3) is 5.91 Å². The molecule has 2 aromatic carbocycles. The maximum absolute atomic E-state index is 13.0. The summed E-state index contributed by atoms with van der Waals surface area (Å²) in [6, 6.07) is 11.3. The Bertz CT molecular complexity index is 1050. The molecular weight excluding hydrogens is 426 g/mol. The summed E-state index contributed by atoms with van der Waals surface area (Å²) in [4.78, 5) is 24.6. The number of carbonyl (C=O) groups excluding carboxylic acids is 2. The smallest absolute Gasteiger partial charge is 0.253 e. The van der Waals surface area contributed by atoms with E-state index in [0.717, 1.165) is 19.3 Å². The molecule has 0 spiro atoms. The van der Waals surface area contributed by atoms with Crippen LogP contribution in [-0.4, -0.2) is 44.2 Å². The van der Waals surface area contributed by atoms with Crippen LogP contribution < -0.4 is 10.6 Å². The van der Waals surface area contributed by atoms with Gasteiger partial charge in [-0.1, -0.05) is 36.2 Å². The first-order valence-corrected chi connectivity index (χ1v) is 11.5. The number of nitrogens with zero attached hydrogens (tertiary/aromatic N) is 1. The normalized spacial score (nSPS) is 14.9. The molecule has 2 amide bonds. The molecule has 3 rings (SSSR count). The largest absolute Gasteiger partial charge is 0.343 e. The van der Waals surface area contributed by atoms with Gasteiger partial charge in [0.1, 0.15) is 0 Å². The monoisotopic (exact) mass is 449 g/mol. The van der Waals surface area contributed by atoms with Gasteiger partial charge in [0.15, 0.2) is 0 Å². The fourth-order valence-electron chi connectivity index (χ4n) is 3.31. The van der Waals surface area contributed by atoms with Gasteiger partial charge in [-0.05, 0) is 49.6 Å². The zero-order valence-electron chi connectivity index (χ0n) is 16.7. The quantitative estimate of drug-likeness (QED) is 0.707. The summed E-state index contributed by atoms with van der Waals surface area (Å²) >= 11 is 5.98. The Morgan fingerprint density at radius 2 is 1.77 bits per heavy atom. The van der Waals surface area contributed by atoms with E-state index in [4.69, 9.17) is 11.6 Å². The van der Waals surface area contributed by atoms with Crippen LogP contribution in [0.3, 0.4) is 0 Å². The van der Waals surface area contributed by atoms with Crippen LogP contribution >= 0.6 is 11.6 Å². The Labute approximate surface area is 181 Å². The zero-order chi connectivity index (χ0) is 21.7. The molecule has 1 fully saturated rings. The van der Waals surface area contributed by atoms with Crippen molar-refractivity contribution in [1.82, 2.24) is 9.62 Å². The van der Waals surface area contributed by atoms with E-state index in [1.54, 1.807) is 43.3 Å². The molecule has 1 aliphatic heterocycles. The number of amides is 2. The number of rotatable bonds is 6. The third-order valence-electron chi connectivity index (χ3n) is 4.93. The second-order valence-electron chi connectivity index (χ2n) is 7.16. The molecule has 0 atom stereocenters. The van der Waals surface area contributed by atoms with Gasteiger partial charge in [-0.2, -0.15) is 4.31 Å². The lowest BCUT2D eigenvalue weighted by Gasteiger charge is -2.26. The SMILES string of the molecule is Cc1ccc(NC(=O)CNC(=O)c2ccccc2Cl)cc1S(=O)(=O)N1CCCCC1. The van der Waals surface area contributed by atoms with Crippen LogP contribution in [0.15, 0.2) is 47.4 Å². The summed E-state index contributed by atoms with van der Waals surface area (Å²) in [5, 5.41) is 5.44. The Morgan fingerprint density at radius 1 is 1.07 bits per heavy atom. The lowest BCUT2D eigenvalue weighted by atomic mass is 10.2. The number of hydrogen-bond donors (Lipinski definition) is 2. The highest BCUT2D eigenvalue weighted by atomic mass is 35.5. The van der Waals surface area contributed by atoms with Crippen LogP contribution in [0.25, 0.3) is 0 Å². The van der Waals surface area contributed by atoms with Crippen molar-refractivity contribution in [2.75, 3.05) is 25.0 Å². The van der Waals surface area contributed by atoms with Crippen LogP contribution in [0.2, 0.25) is 5.02 Å². The summed E-state index contributed by atoms with van der Waals surface area (Å²) in [6.45, 7) is 2.47.